The van der Waals surface area contributed by atoms with Crippen LogP contribution in [0.5, 0.6) is 0 Å². The highest BCUT2D eigenvalue weighted by atomic mass is 16.3. The van der Waals surface area contributed by atoms with Crippen LogP contribution in [0.4, 0.5) is 11.6 Å². The first-order valence-electron chi connectivity index (χ1n) is 6.32. The van der Waals surface area contributed by atoms with Crippen molar-refractivity contribution in [1.82, 2.24) is 9.97 Å². The molecule has 18 heavy (non-hydrogen) atoms. The van der Waals surface area contributed by atoms with Gasteiger partial charge in [-0.1, -0.05) is 0 Å². The van der Waals surface area contributed by atoms with E-state index in [1.807, 2.05) is 6.07 Å². The van der Waals surface area contributed by atoms with Gasteiger partial charge in [-0.25, -0.2) is 9.97 Å². The molecule has 1 aromatic rings. The third-order valence-electron chi connectivity index (χ3n) is 3.11. The van der Waals surface area contributed by atoms with Gasteiger partial charge in [-0.15, -0.1) is 0 Å². The fraction of sp³-hybridized carbons (Fsp3) is 0.667. The van der Waals surface area contributed by atoms with Gasteiger partial charge in [0.1, 0.15) is 18.0 Å². The number of aliphatic hydroxyl groups is 2. The normalized spacial score (nSPS) is 21.1. The Balaban J connectivity index is 2.06. The van der Waals surface area contributed by atoms with E-state index >= 15 is 0 Å². The molecule has 0 spiro atoms. The fourth-order valence-corrected chi connectivity index (χ4v) is 2.18. The Kier molecular flexibility index (Phi) is 4.33. The number of hydrogen-bond donors (Lipinski definition) is 3. The molecule has 6 nitrogen and oxygen atoms in total. The second kappa shape index (κ2) is 5.97. The monoisotopic (exact) mass is 252 g/mol. The number of nitrogens with one attached hydrogen (secondary N) is 1. The lowest BCUT2D eigenvalue weighted by atomic mass is 10.2. The van der Waals surface area contributed by atoms with Crippen molar-refractivity contribution in [3.05, 3.63) is 12.4 Å². The first-order chi connectivity index (χ1) is 8.70. The summed E-state index contributed by atoms with van der Waals surface area (Å²) < 4.78 is 0. The molecule has 3 N–H and O–H groups in total. The number of rotatable bonds is 5. The average molecular weight is 252 g/mol. The minimum absolute atomic E-state index is 0.153. The Labute approximate surface area is 107 Å². The first-order valence-corrected chi connectivity index (χ1v) is 6.32. The molecular formula is C12H20N4O2. The smallest absolute Gasteiger partial charge is 0.134 e. The van der Waals surface area contributed by atoms with Gasteiger partial charge in [0.2, 0.25) is 0 Å². The predicted octanol–water partition coefficient (Wildman–Crippen LogP) is 0.230. The van der Waals surface area contributed by atoms with Gasteiger partial charge in [0.15, 0.2) is 0 Å². The molecule has 0 radical (unpaired) electrons. The maximum Gasteiger partial charge on any atom is 0.134 e. The van der Waals surface area contributed by atoms with Crippen molar-refractivity contribution in [2.75, 3.05) is 29.9 Å². The number of anilines is 2. The van der Waals surface area contributed by atoms with Crippen molar-refractivity contribution < 1.29 is 10.2 Å². The zero-order valence-electron chi connectivity index (χ0n) is 10.6. The minimum Gasteiger partial charge on any atom is -0.394 e. The average Bonchev–Trinajstić information content (AvgIpc) is 2.85. The van der Waals surface area contributed by atoms with E-state index < -0.39 is 6.10 Å². The molecule has 0 saturated carbocycles. The molecule has 0 aromatic carbocycles. The number of hydrogen-bond acceptors (Lipinski definition) is 6. The Morgan fingerprint density at radius 3 is 3.11 bits per heavy atom. The zero-order chi connectivity index (χ0) is 13.0. The molecule has 1 fully saturated rings. The quantitative estimate of drug-likeness (QED) is 0.696. The van der Waals surface area contributed by atoms with E-state index in [9.17, 15) is 10.2 Å². The second-order valence-electron chi connectivity index (χ2n) is 4.66. The Hall–Kier alpha value is -1.40. The maximum absolute atomic E-state index is 9.31. The standard InChI is InChI=1S/C12H20N4O2/c1-9(18)6-13-11-5-12(15-8-14-11)16-4-2-3-10(16)7-17/h5,8-10,17-18H,2-4,6-7H2,1H3,(H,13,14,15)/t9-,10+/m1/s1. The van der Waals surface area contributed by atoms with Gasteiger partial charge in [-0.05, 0) is 19.8 Å². The van der Waals surface area contributed by atoms with Crippen LogP contribution in [0.3, 0.4) is 0 Å². The summed E-state index contributed by atoms with van der Waals surface area (Å²) in [7, 11) is 0. The van der Waals surface area contributed by atoms with Crippen molar-refractivity contribution in [1.29, 1.82) is 0 Å². The molecule has 100 valence electrons. The van der Waals surface area contributed by atoms with E-state index in [1.54, 1.807) is 6.92 Å². The molecule has 0 amide bonds. The van der Waals surface area contributed by atoms with E-state index in [0.29, 0.717) is 12.4 Å². The summed E-state index contributed by atoms with van der Waals surface area (Å²) in [5.74, 6) is 1.53. The molecule has 2 atom stereocenters. The van der Waals surface area contributed by atoms with Gasteiger partial charge < -0.3 is 20.4 Å². The van der Waals surface area contributed by atoms with E-state index in [2.05, 4.69) is 20.2 Å². The predicted molar refractivity (Wildman–Crippen MR) is 69.7 cm³/mol. The topological polar surface area (TPSA) is 81.5 Å². The molecule has 1 aliphatic heterocycles. The van der Waals surface area contributed by atoms with E-state index in [1.165, 1.54) is 6.33 Å². The summed E-state index contributed by atoms with van der Waals surface area (Å²) in [6, 6.07) is 2.01. The van der Waals surface area contributed by atoms with Crippen molar-refractivity contribution in [3.63, 3.8) is 0 Å². The number of aliphatic hydroxyl groups excluding tert-OH is 2. The summed E-state index contributed by atoms with van der Waals surface area (Å²) in [6.45, 7) is 3.25. The zero-order valence-corrected chi connectivity index (χ0v) is 10.6. The van der Waals surface area contributed by atoms with Crippen LogP contribution in [-0.4, -0.2) is 52.0 Å². The van der Waals surface area contributed by atoms with Gasteiger partial charge in [-0.2, -0.15) is 0 Å². The van der Waals surface area contributed by atoms with Crippen LogP contribution in [0.1, 0.15) is 19.8 Å². The molecule has 1 aromatic heterocycles. The summed E-state index contributed by atoms with van der Waals surface area (Å²) in [5.41, 5.74) is 0. The fourth-order valence-electron chi connectivity index (χ4n) is 2.18. The lowest BCUT2D eigenvalue weighted by molar-refractivity contribution is 0.208. The minimum atomic E-state index is -0.416. The largest absolute Gasteiger partial charge is 0.394 e. The van der Waals surface area contributed by atoms with Crippen LogP contribution in [0.15, 0.2) is 12.4 Å². The van der Waals surface area contributed by atoms with E-state index in [-0.39, 0.29) is 12.6 Å². The highest BCUT2D eigenvalue weighted by molar-refractivity contribution is 5.49. The van der Waals surface area contributed by atoms with E-state index in [4.69, 9.17) is 0 Å². The molecule has 2 heterocycles. The van der Waals surface area contributed by atoms with Gasteiger partial charge in [0, 0.05) is 19.2 Å². The molecule has 0 bridgehead atoms. The number of aromatic nitrogens is 2. The van der Waals surface area contributed by atoms with Gasteiger partial charge in [-0.3, -0.25) is 0 Å². The summed E-state index contributed by atoms with van der Waals surface area (Å²) in [6.07, 6.45) is 3.16. The molecule has 0 aliphatic carbocycles. The molecule has 1 saturated heterocycles. The van der Waals surface area contributed by atoms with Gasteiger partial charge in [0.05, 0.1) is 18.8 Å². The Bertz CT molecular complexity index is 386. The highest BCUT2D eigenvalue weighted by Crippen LogP contribution is 2.24. The van der Waals surface area contributed by atoms with Crippen LogP contribution >= 0.6 is 0 Å². The van der Waals surface area contributed by atoms with Crippen molar-refractivity contribution in [3.8, 4) is 0 Å². The lowest BCUT2D eigenvalue weighted by Gasteiger charge is -2.24. The van der Waals surface area contributed by atoms with Crippen molar-refractivity contribution >= 4 is 11.6 Å². The van der Waals surface area contributed by atoms with Gasteiger partial charge in [0.25, 0.3) is 0 Å². The number of nitrogens with zero attached hydrogens (tertiary/aromatic N) is 3. The SMILES string of the molecule is C[C@@H](O)CNc1cc(N2CCC[C@H]2CO)ncn1. The lowest BCUT2D eigenvalue weighted by Crippen LogP contribution is -2.32. The van der Waals surface area contributed by atoms with Crippen molar-refractivity contribution in [2.24, 2.45) is 0 Å². The molecule has 6 heteroatoms. The molecular weight excluding hydrogens is 232 g/mol. The molecule has 0 unspecified atom stereocenters. The summed E-state index contributed by atoms with van der Waals surface area (Å²) in [4.78, 5) is 10.5. The van der Waals surface area contributed by atoms with Crippen LogP contribution in [0.2, 0.25) is 0 Å². The third kappa shape index (κ3) is 3.08. The van der Waals surface area contributed by atoms with Crippen LogP contribution in [0.25, 0.3) is 0 Å². The Morgan fingerprint density at radius 1 is 1.56 bits per heavy atom. The van der Waals surface area contributed by atoms with Crippen LogP contribution in [-0.2, 0) is 0 Å². The summed E-state index contributed by atoms with van der Waals surface area (Å²) in [5, 5.41) is 21.6. The second-order valence-corrected chi connectivity index (χ2v) is 4.66. The first kappa shape index (κ1) is 13.0. The van der Waals surface area contributed by atoms with Gasteiger partial charge >= 0.3 is 0 Å². The highest BCUT2D eigenvalue weighted by Gasteiger charge is 2.25. The summed E-state index contributed by atoms with van der Waals surface area (Å²) >= 11 is 0. The maximum atomic E-state index is 9.31. The van der Waals surface area contributed by atoms with Crippen LogP contribution < -0.4 is 10.2 Å². The van der Waals surface area contributed by atoms with E-state index in [0.717, 1.165) is 25.2 Å². The van der Waals surface area contributed by atoms with Crippen LogP contribution in [0, 0.1) is 0 Å². The third-order valence-corrected chi connectivity index (χ3v) is 3.11. The molecule has 1 aliphatic rings. The Morgan fingerprint density at radius 2 is 2.39 bits per heavy atom. The van der Waals surface area contributed by atoms with Crippen molar-refractivity contribution in [2.45, 2.75) is 31.9 Å². The molecule has 2 rings (SSSR count).